The van der Waals surface area contributed by atoms with Crippen LogP contribution < -0.4 is 4.72 Å². The van der Waals surface area contributed by atoms with E-state index in [9.17, 15) is 13.2 Å². The minimum atomic E-state index is -3.70. The van der Waals surface area contributed by atoms with Gasteiger partial charge in [0.1, 0.15) is 0 Å². The SMILES string of the molecule is Cc1ccc(C)c(S(=O)(=O)NCC(=O)N2CCOCCC2C)c1. The summed E-state index contributed by atoms with van der Waals surface area (Å²) in [6.45, 7) is 6.89. The second kappa shape index (κ2) is 7.42. The van der Waals surface area contributed by atoms with Gasteiger partial charge in [-0.3, -0.25) is 4.79 Å². The van der Waals surface area contributed by atoms with Crippen molar-refractivity contribution in [1.29, 1.82) is 0 Å². The Kier molecular flexibility index (Phi) is 5.78. The van der Waals surface area contributed by atoms with Crippen molar-refractivity contribution in [3.8, 4) is 0 Å². The number of hydrogen-bond acceptors (Lipinski definition) is 4. The standard InChI is InChI=1S/C16H24N2O4S/c1-12-4-5-13(2)15(10-12)23(20,21)17-11-16(19)18-7-9-22-8-6-14(18)3/h4-5,10,14,17H,6-9,11H2,1-3H3. The van der Waals surface area contributed by atoms with Gasteiger partial charge in [0.2, 0.25) is 15.9 Å². The van der Waals surface area contributed by atoms with E-state index in [1.807, 2.05) is 19.9 Å². The second-order valence-electron chi connectivity index (χ2n) is 5.93. The number of carbonyl (C=O) groups is 1. The van der Waals surface area contributed by atoms with Crippen molar-refractivity contribution in [3.63, 3.8) is 0 Å². The molecule has 1 heterocycles. The van der Waals surface area contributed by atoms with Gasteiger partial charge in [-0.15, -0.1) is 0 Å². The molecule has 1 N–H and O–H groups in total. The van der Waals surface area contributed by atoms with Gasteiger partial charge in [-0.05, 0) is 44.4 Å². The Labute approximate surface area is 137 Å². The highest BCUT2D eigenvalue weighted by Gasteiger charge is 2.24. The van der Waals surface area contributed by atoms with Gasteiger partial charge in [0, 0.05) is 19.2 Å². The number of nitrogens with one attached hydrogen (secondary N) is 1. The number of sulfonamides is 1. The van der Waals surface area contributed by atoms with Crippen LogP contribution in [0.1, 0.15) is 24.5 Å². The molecular formula is C16H24N2O4S. The molecule has 1 aliphatic rings. The fourth-order valence-electron chi connectivity index (χ4n) is 2.60. The zero-order chi connectivity index (χ0) is 17.0. The lowest BCUT2D eigenvalue weighted by Crippen LogP contribution is -2.45. The van der Waals surface area contributed by atoms with Crippen molar-refractivity contribution in [2.45, 2.75) is 38.1 Å². The van der Waals surface area contributed by atoms with Gasteiger partial charge in [-0.2, -0.15) is 0 Å². The van der Waals surface area contributed by atoms with E-state index in [0.717, 1.165) is 12.0 Å². The van der Waals surface area contributed by atoms with Crippen LogP contribution in [0.4, 0.5) is 0 Å². The van der Waals surface area contributed by atoms with E-state index >= 15 is 0 Å². The van der Waals surface area contributed by atoms with Crippen LogP contribution in [0.2, 0.25) is 0 Å². The van der Waals surface area contributed by atoms with Crippen LogP contribution in [0.25, 0.3) is 0 Å². The predicted molar refractivity (Wildman–Crippen MR) is 87.7 cm³/mol. The molecule has 1 aliphatic heterocycles. The molecule has 7 heteroatoms. The summed E-state index contributed by atoms with van der Waals surface area (Å²) < 4.78 is 32.6. The molecule has 1 amide bonds. The van der Waals surface area contributed by atoms with Gasteiger partial charge in [-0.1, -0.05) is 12.1 Å². The molecule has 1 saturated heterocycles. The summed E-state index contributed by atoms with van der Waals surface area (Å²) in [6, 6.07) is 5.29. The highest BCUT2D eigenvalue weighted by molar-refractivity contribution is 7.89. The van der Waals surface area contributed by atoms with Crippen LogP contribution in [-0.2, 0) is 19.6 Å². The minimum absolute atomic E-state index is 0.0511. The van der Waals surface area contributed by atoms with Crippen LogP contribution in [0.3, 0.4) is 0 Å². The van der Waals surface area contributed by atoms with E-state index in [-0.39, 0.29) is 23.4 Å². The molecule has 0 aliphatic carbocycles. The number of rotatable bonds is 4. The van der Waals surface area contributed by atoms with Gasteiger partial charge >= 0.3 is 0 Å². The quantitative estimate of drug-likeness (QED) is 0.894. The summed E-state index contributed by atoms with van der Waals surface area (Å²) in [5.41, 5.74) is 1.52. The average molecular weight is 340 g/mol. The largest absolute Gasteiger partial charge is 0.380 e. The summed E-state index contributed by atoms with van der Waals surface area (Å²) in [7, 11) is -3.70. The molecule has 1 atom stereocenters. The highest BCUT2D eigenvalue weighted by Crippen LogP contribution is 2.16. The lowest BCUT2D eigenvalue weighted by molar-refractivity contribution is -0.131. The number of hydrogen-bond donors (Lipinski definition) is 1. The number of carbonyl (C=O) groups excluding carboxylic acids is 1. The monoisotopic (exact) mass is 340 g/mol. The van der Waals surface area contributed by atoms with Crippen molar-refractivity contribution < 1.29 is 17.9 Å². The molecule has 1 aromatic carbocycles. The molecule has 128 valence electrons. The van der Waals surface area contributed by atoms with E-state index in [2.05, 4.69) is 4.72 Å². The number of nitrogens with zero attached hydrogens (tertiary/aromatic N) is 1. The van der Waals surface area contributed by atoms with Crippen LogP contribution in [0.5, 0.6) is 0 Å². The summed E-state index contributed by atoms with van der Waals surface area (Å²) in [5.74, 6) is -0.225. The van der Waals surface area contributed by atoms with Crippen molar-refractivity contribution in [3.05, 3.63) is 29.3 Å². The predicted octanol–water partition coefficient (Wildman–Crippen LogP) is 1.22. The Bertz CT molecular complexity index is 673. The summed E-state index contributed by atoms with van der Waals surface area (Å²) >= 11 is 0. The van der Waals surface area contributed by atoms with E-state index in [1.165, 1.54) is 0 Å². The maximum absolute atomic E-state index is 12.4. The van der Waals surface area contributed by atoms with E-state index in [4.69, 9.17) is 4.74 Å². The van der Waals surface area contributed by atoms with Crippen molar-refractivity contribution in [2.75, 3.05) is 26.3 Å². The van der Waals surface area contributed by atoms with Crippen LogP contribution >= 0.6 is 0 Å². The van der Waals surface area contributed by atoms with Gasteiger partial charge in [0.05, 0.1) is 18.0 Å². The van der Waals surface area contributed by atoms with E-state index in [1.54, 1.807) is 24.0 Å². The first-order chi connectivity index (χ1) is 10.8. The third-order valence-corrected chi connectivity index (χ3v) is 5.60. The molecular weight excluding hydrogens is 316 g/mol. The van der Waals surface area contributed by atoms with E-state index < -0.39 is 10.0 Å². The lowest BCUT2D eigenvalue weighted by Gasteiger charge is -2.26. The molecule has 0 saturated carbocycles. The average Bonchev–Trinajstić information content (AvgIpc) is 2.72. The maximum atomic E-state index is 12.4. The smallest absolute Gasteiger partial charge is 0.241 e. The van der Waals surface area contributed by atoms with Gasteiger partial charge in [-0.25, -0.2) is 13.1 Å². The van der Waals surface area contributed by atoms with Crippen molar-refractivity contribution in [1.82, 2.24) is 9.62 Å². The Balaban J connectivity index is 2.06. The maximum Gasteiger partial charge on any atom is 0.241 e. The number of amides is 1. The first-order valence-electron chi connectivity index (χ1n) is 7.75. The van der Waals surface area contributed by atoms with Crippen molar-refractivity contribution in [2.24, 2.45) is 0 Å². The van der Waals surface area contributed by atoms with Crippen LogP contribution in [0, 0.1) is 13.8 Å². The Morgan fingerprint density at radius 1 is 1.35 bits per heavy atom. The molecule has 0 radical (unpaired) electrons. The molecule has 0 bridgehead atoms. The summed E-state index contributed by atoms with van der Waals surface area (Å²) in [4.78, 5) is 14.2. The molecule has 2 rings (SSSR count). The van der Waals surface area contributed by atoms with Crippen LogP contribution in [0.15, 0.2) is 23.1 Å². The van der Waals surface area contributed by atoms with Crippen molar-refractivity contribution >= 4 is 15.9 Å². The molecule has 6 nitrogen and oxygen atoms in total. The summed E-state index contributed by atoms with van der Waals surface area (Å²) in [5, 5.41) is 0. The zero-order valence-corrected chi connectivity index (χ0v) is 14.6. The Hall–Kier alpha value is -1.44. The minimum Gasteiger partial charge on any atom is -0.380 e. The molecule has 0 aromatic heterocycles. The van der Waals surface area contributed by atoms with E-state index in [0.29, 0.717) is 25.3 Å². The molecule has 1 fully saturated rings. The van der Waals surface area contributed by atoms with Crippen LogP contribution in [-0.4, -0.2) is 51.6 Å². The lowest BCUT2D eigenvalue weighted by atomic mass is 10.2. The topological polar surface area (TPSA) is 75.7 Å². The van der Waals surface area contributed by atoms with Gasteiger partial charge in [0.25, 0.3) is 0 Å². The van der Waals surface area contributed by atoms with Gasteiger partial charge in [0.15, 0.2) is 0 Å². The highest BCUT2D eigenvalue weighted by atomic mass is 32.2. The third-order valence-electron chi connectivity index (χ3n) is 4.06. The van der Waals surface area contributed by atoms with Gasteiger partial charge < -0.3 is 9.64 Å². The fourth-order valence-corrected chi connectivity index (χ4v) is 3.90. The number of ether oxygens (including phenoxy) is 1. The zero-order valence-electron chi connectivity index (χ0n) is 13.8. The molecule has 1 aromatic rings. The molecule has 0 spiro atoms. The second-order valence-corrected chi connectivity index (χ2v) is 7.67. The Morgan fingerprint density at radius 2 is 2.09 bits per heavy atom. The third kappa shape index (κ3) is 4.53. The first-order valence-corrected chi connectivity index (χ1v) is 9.23. The normalized spacial score (nSPS) is 19.4. The molecule has 23 heavy (non-hydrogen) atoms. The summed E-state index contributed by atoms with van der Waals surface area (Å²) in [6.07, 6.45) is 0.759. The number of benzene rings is 1. The fraction of sp³-hybridized carbons (Fsp3) is 0.562. The number of aryl methyl sites for hydroxylation is 2. The Morgan fingerprint density at radius 3 is 2.83 bits per heavy atom. The first kappa shape index (κ1) is 17.9. The molecule has 1 unspecified atom stereocenters.